The highest BCUT2D eigenvalue weighted by atomic mass is 32.2. The normalized spacial score (nSPS) is 13.8. The lowest BCUT2D eigenvalue weighted by Gasteiger charge is -2.28. The van der Waals surface area contributed by atoms with E-state index in [9.17, 15) is 19.2 Å². The average Bonchev–Trinajstić information content (AvgIpc) is 3.60. The SMILES string of the molecule is Cc1c(C)c(S(=O)(=O)c2c(C)c(C)c(N3C(=O)c4ccc(-c5ccc(N)cc5)cc4C3=O)c(C)c2C)c(C)c(C)c1N1C(=O)c2ccc(-c3ccc(N)cc3)cc2C1=O. The number of anilines is 4. The van der Waals surface area contributed by atoms with Crippen LogP contribution in [0.1, 0.15) is 85.9 Å². The van der Waals surface area contributed by atoms with Crippen molar-refractivity contribution in [1.29, 1.82) is 0 Å². The number of fused-ring (bicyclic) bond motifs is 2. The molecule has 296 valence electrons. The highest BCUT2D eigenvalue weighted by Crippen LogP contribution is 2.45. The standard InChI is InChI=1S/C48H42N4O6S/c1-23-27(5)43(28(6)24(2)41(23)51-45(53)37-19-13-33(21-39(37)47(51)55)31-9-15-35(49)16-10-31)59(57,58)44-29(7)25(3)42(26(4)30(44)8)52-46(54)38-20-14-34(22-40(38)48(52)56)32-11-17-36(50)18-12-32/h9-22H,49-50H2,1-8H3. The van der Waals surface area contributed by atoms with Crippen molar-refractivity contribution in [3.05, 3.63) is 152 Å². The maximum absolute atomic E-state index is 15.1. The van der Waals surface area contributed by atoms with Crippen LogP contribution in [-0.2, 0) is 9.84 Å². The molecule has 0 spiro atoms. The lowest BCUT2D eigenvalue weighted by molar-refractivity contribution is 0.0910. The molecule has 2 aliphatic heterocycles. The van der Waals surface area contributed by atoms with Gasteiger partial charge in [0, 0.05) is 11.4 Å². The summed E-state index contributed by atoms with van der Waals surface area (Å²) in [6.45, 7) is 13.6. The number of carbonyl (C=O) groups is 4. The highest BCUT2D eigenvalue weighted by Gasteiger charge is 2.42. The van der Waals surface area contributed by atoms with Gasteiger partial charge in [-0.15, -0.1) is 0 Å². The number of carbonyl (C=O) groups excluding carboxylic acids is 4. The van der Waals surface area contributed by atoms with Crippen LogP contribution in [-0.4, -0.2) is 32.0 Å². The van der Waals surface area contributed by atoms with Gasteiger partial charge in [0.25, 0.3) is 23.6 Å². The molecule has 0 saturated carbocycles. The predicted octanol–water partition coefficient (Wildman–Crippen LogP) is 9.09. The van der Waals surface area contributed by atoms with E-state index in [1.807, 2.05) is 24.3 Å². The van der Waals surface area contributed by atoms with Crippen molar-refractivity contribution in [1.82, 2.24) is 0 Å². The van der Waals surface area contributed by atoms with E-state index < -0.39 is 33.5 Å². The molecule has 0 radical (unpaired) electrons. The van der Waals surface area contributed by atoms with E-state index in [1.165, 1.54) is 0 Å². The van der Waals surface area contributed by atoms with Crippen molar-refractivity contribution in [2.24, 2.45) is 0 Å². The molecule has 8 rings (SSSR count). The molecular weight excluding hydrogens is 761 g/mol. The van der Waals surface area contributed by atoms with Crippen LogP contribution in [0, 0.1) is 55.4 Å². The number of nitrogen functional groups attached to an aromatic ring is 2. The van der Waals surface area contributed by atoms with Gasteiger partial charge in [-0.3, -0.25) is 19.2 Å². The monoisotopic (exact) mass is 802 g/mol. The topological polar surface area (TPSA) is 161 Å². The highest BCUT2D eigenvalue weighted by molar-refractivity contribution is 7.91. The molecule has 0 aliphatic carbocycles. The summed E-state index contributed by atoms with van der Waals surface area (Å²) in [4.78, 5) is 58.6. The largest absolute Gasteiger partial charge is 0.399 e. The zero-order valence-corrected chi connectivity index (χ0v) is 34.8. The maximum Gasteiger partial charge on any atom is 0.266 e. The number of hydrogen-bond acceptors (Lipinski definition) is 8. The van der Waals surface area contributed by atoms with Gasteiger partial charge >= 0.3 is 0 Å². The Balaban J connectivity index is 1.18. The van der Waals surface area contributed by atoms with Crippen molar-refractivity contribution in [3.8, 4) is 22.3 Å². The van der Waals surface area contributed by atoms with Crippen LogP contribution >= 0.6 is 0 Å². The molecule has 10 nitrogen and oxygen atoms in total. The van der Waals surface area contributed by atoms with E-state index in [1.54, 1.807) is 116 Å². The van der Waals surface area contributed by atoms with Gasteiger partial charge in [0.05, 0.1) is 43.4 Å². The zero-order valence-electron chi connectivity index (χ0n) is 34.0. The first kappa shape index (κ1) is 39.0. The van der Waals surface area contributed by atoms with E-state index in [-0.39, 0.29) is 32.0 Å². The Morgan fingerprint density at radius 1 is 0.373 bits per heavy atom. The van der Waals surface area contributed by atoms with Crippen LogP contribution in [0.25, 0.3) is 22.3 Å². The number of benzene rings is 6. The molecule has 0 saturated heterocycles. The third kappa shape index (κ3) is 5.71. The van der Waals surface area contributed by atoms with E-state index >= 15 is 8.42 Å². The number of amides is 4. The summed E-state index contributed by atoms with van der Waals surface area (Å²) in [5.41, 5.74) is 21.4. The van der Waals surface area contributed by atoms with Crippen LogP contribution in [0.3, 0.4) is 0 Å². The fourth-order valence-electron chi connectivity index (χ4n) is 8.69. The Kier molecular flexibility index (Phi) is 9.01. The third-order valence-corrected chi connectivity index (χ3v) is 14.6. The number of sulfone groups is 1. The van der Waals surface area contributed by atoms with Crippen molar-refractivity contribution in [3.63, 3.8) is 0 Å². The first-order valence-corrected chi connectivity index (χ1v) is 20.6. The summed E-state index contributed by atoms with van der Waals surface area (Å²) in [6, 6.07) is 24.7. The summed E-state index contributed by atoms with van der Waals surface area (Å²) in [7, 11) is -4.27. The molecule has 6 aromatic carbocycles. The Hall–Kier alpha value is -6.85. The first-order valence-electron chi connectivity index (χ1n) is 19.1. The van der Waals surface area contributed by atoms with Gasteiger partial charge in [-0.2, -0.15) is 0 Å². The van der Waals surface area contributed by atoms with Crippen LogP contribution in [0.5, 0.6) is 0 Å². The number of nitrogens with zero attached hydrogens (tertiary/aromatic N) is 2. The minimum Gasteiger partial charge on any atom is -0.399 e. The fourth-order valence-corrected chi connectivity index (χ4v) is 11.1. The summed E-state index contributed by atoms with van der Waals surface area (Å²) >= 11 is 0. The quantitative estimate of drug-likeness (QED) is 0.125. The number of rotatable bonds is 6. The summed E-state index contributed by atoms with van der Waals surface area (Å²) in [5.74, 6) is -1.97. The van der Waals surface area contributed by atoms with Gasteiger partial charge in [-0.1, -0.05) is 36.4 Å². The molecule has 6 aromatic rings. The van der Waals surface area contributed by atoms with E-state index in [0.29, 0.717) is 67.3 Å². The Bertz CT molecular complexity index is 2770. The molecule has 59 heavy (non-hydrogen) atoms. The number of hydrogen-bond donors (Lipinski definition) is 2. The minimum absolute atomic E-state index is 0.0761. The van der Waals surface area contributed by atoms with E-state index in [0.717, 1.165) is 32.1 Å². The van der Waals surface area contributed by atoms with Gasteiger partial charge in [0.2, 0.25) is 9.84 Å². The van der Waals surface area contributed by atoms with Gasteiger partial charge in [0.15, 0.2) is 0 Å². The van der Waals surface area contributed by atoms with Crippen molar-refractivity contribution in [2.75, 3.05) is 21.3 Å². The average molecular weight is 803 g/mol. The summed E-state index contributed by atoms with van der Waals surface area (Å²) < 4.78 is 30.2. The van der Waals surface area contributed by atoms with Crippen LogP contribution in [0.15, 0.2) is 94.7 Å². The third-order valence-electron chi connectivity index (χ3n) is 12.3. The minimum atomic E-state index is -4.27. The Labute approximate surface area is 343 Å². The lowest BCUT2D eigenvalue weighted by atomic mass is 9.97. The predicted molar refractivity (Wildman–Crippen MR) is 231 cm³/mol. The Morgan fingerprint density at radius 2 is 0.644 bits per heavy atom. The fraction of sp³-hybridized carbons (Fsp3) is 0.167. The molecule has 4 N–H and O–H groups in total. The molecule has 4 amide bonds. The van der Waals surface area contributed by atoms with Crippen molar-refractivity contribution in [2.45, 2.75) is 65.2 Å². The van der Waals surface area contributed by atoms with E-state index in [4.69, 9.17) is 11.5 Å². The molecule has 0 atom stereocenters. The maximum atomic E-state index is 15.1. The molecule has 0 unspecified atom stereocenters. The summed E-state index contributed by atoms with van der Waals surface area (Å²) in [6.07, 6.45) is 0. The Morgan fingerprint density at radius 3 is 0.949 bits per heavy atom. The van der Waals surface area contributed by atoms with Gasteiger partial charge in [0.1, 0.15) is 0 Å². The molecule has 2 aliphatic rings. The van der Waals surface area contributed by atoms with E-state index in [2.05, 4.69) is 0 Å². The van der Waals surface area contributed by atoms with Crippen LogP contribution in [0.4, 0.5) is 22.7 Å². The van der Waals surface area contributed by atoms with Crippen LogP contribution < -0.4 is 21.3 Å². The summed E-state index contributed by atoms with van der Waals surface area (Å²) in [5, 5.41) is 0. The second-order valence-electron chi connectivity index (χ2n) is 15.5. The lowest BCUT2D eigenvalue weighted by Crippen LogP contribution is -2.32. The van der Waals surface area contributed by atoms with Gasteiger partial charge < -0.3 is 11.5 Å². The van der Waals surface area contributed by atoms with Gasteiger partial charge in [-0.25, -0.2) is 18.2 Å². The second kappa shape index (κ2) is 13.6. The van der Waals surface area contributed by atoms with Crippen molar-refractivity contribution >= 4 is 56.2 Å². The molecular formula is C48H42N4O6S. The number of nitrogens with two attached hydrogens (primary N) is 2. The van der Waals surface area contributed by atoms with Crippen LogP contribution in [0.2, 0.25) is 0 Å². The zero-order chi connectivity index (χ0) is 42.6. The smallest absolute Gasteiger partial charge is 0.266 e. The molecule has 0 bridgehead atoms. The number of imide groups is 2. The van der Waals surface area contributed by atoms with Gasteiger partial charge in [-0.05, 0) is 171 Å². The molecule has 11 heteroatoms. The molecule has 0 aromatic heterocycles. The first-order chi connectivity index (χ1) is 27.9. The second-order valence-corrected chi connectivity index (χ2v) is 17.3. The molecule has 2 heterocycles. The van der Waals surface area contributed by atoms with Crippen molar-refractivity contribution < 1.29 is 27.6 Å². The molecule has 0 fully saturated rings.